The second-order valence-electron chi connectivity index (χ2n) is 5.29. The van der Waals surface area contributed by atoms with Crippen molar-refractivity contribution >= 4 is 31.4 Å². The van der Waals surface area contributed by atoms with Gasteiger partial charge in [-0.25, -0.2) is 0 Å². The molecule has 0 amide bonds. The molecule has 0 nitrogen and oxygen atoms in total. The highest BCUT2D eigenvalue weighted by atomic mass is 31.0. The Labute approximate surface area is 117 Å². The molecule has 0 spiro atoms. The van der Waals surface area contributed by atoms with Gasteiger partial charge in [-0.1, -0.05) is 48.5 Å². The van der Waals surface area contributed by atoms with E-state index in [1.807, 2.05) is 0 Å². The fraction of sp³-hybridized carbons (Fsp3) is 0.222. The van der Waals surface area contributed by atoms with E-state index in [1.54, 1.807) is 11.1 Å². The van der Waals surface area contributed by atoms with Crippen LogP contribution < -0.4 is 0 Å². The Hall–Kier alpha value is -1.39. The Bertz CT molecular complexity index is 743. The van der Waals surface area contributed by atoms with E-state index in [2.05, 4.69) is 48.5 Å². The summed E-state index contributed by atoms with van der Waals surface area (Å²) in [5, 5.41) is 5.64. The van der Waals surface area contributed by atoms with Gasteiger partial charge in [-0.05, 0) is 58.4 Å². The summed E-state index contributed by atoms with van der Waals surface area (Å²) in [7, 11) is 0. The van der Waals surface area contributed by atoms with E-state index in [9.17, 15) is 0 Å². The first kappa shape index (κ1) is 12.6. The smallest absolute Gasteiger partial charge is 0.0102 e. The van der Waals surface area contributed by atoms with Gasteiger partial charge >= 0.3 is 0 Å². The minimum Gasteiger partial charge on any atom is -0.153 e. The second-order valence-corrected chi connectivity index (χ2v) is 5.29. The average molecular weight is 266 g/mol. The molecule has 3 aromatic carbocycles. The molecule has 19 heavy (non-hydrogen) atoms. The molecular formula is C18H19P. The van der Waals surface area contributed by atoms with E-state index in [0.717, 1.165) is 0 Å². The number of hydrogen-bond acceptors (Lipinski definition) is 0. The van der Waals surface area contributed by atoms with Crippen LogP contribution in [0.15, 0.2) is 48.5 Å². The fourth-order valence-electron chi connectivity index (χ4n) is 3.34. The van der Waals surface area contributed by atoms with Gasteiger partial charge in [0.1, 0.15) is 0 Å². The summed E-state index contributed by atoms with van der Waals surface area (Å²) in [5.41, 5.74) is 3.17. The summed E-state index contributed by atoms with van der Waals surface area (Å²) in [6.45, 7) is 0. The van der Waals surface area contributed by atoms with Crippen LogP contribution in [0.5, 0.6) is 0 Å². The van der Waals surface area contributed by atoms with Crippen LogP contribution in [0.3, 0.4) is 0 Å². The molecule has 3 aromatic rings. The van der Waals surface area contributed by atoms with Crippen molar-refractivity contribution in [3.05, 3.63) is 59.7 Å². The minimum absolute atomic E-state index is 0. The van der Waals surface area contributed by atoms with Crippen molar-refractivity contribution in [2.45, 2.75) is 25.7 Å². The molecular weight excluding hydrogens is 247 g/mol. The highest BCUT2D eigenvalue weighted by Crippen LogP contribution is 2.32. The molecule has 0 heterocycles. The van der Waals surface area contributed by atoms with E-state index >= 15 is 0 Å². The van der Waals surface area contributed by atoms with E-state index < -0.39 is 0 Å². The normalized spacial score (nSPS) is 14.1. The standard InChI is InChI=1S/C18H16.H3P/c1-3-7-15-13(5-1)9-11-18-16-8-4-2-6-14(16)10-12-17(15)18;/h1,3,5,7,9-12H,2,4,6,8H2;1H3. The largest absolute Gasteiger partial charge is 0.153 e. The first-order chi connectivity index (χ1) is 8.93. The van der Waals surface area contributed by atoms with Crippen LogP contribution in [0.1, 0.15) is 24.0 Å². The summed E-state index contributed by atoms with van der Waals surface area (Å²) in [6, 6.07) is 18.0. The lowest BCUT2D eigenvalue weighted by Gasteiger charge is -2.18. The molecule has 0 N–H and O–H groups in total. The molecule has 0 radical (unpaired) electrons. The van der Waals surface area contributed by atoms with Crippen LogP contribution in [0.4, 0.5) is 0 Å². The van der Waals surface area contributed by atoms with Crippen molar-refractivity contribution in [1.82, 2.24) is 0 Å². The summed E-state index contributed by atoms with van der Waals surface area (Å²) in [4.78, 5) is 0. The molecule has 0 bridgehead atoms. The Morgan fingerprint density at radius 3 is 2.37 bits per heavy atom. The van der Waals surface area contributed by atoms with Crippen molar-refractivity contribution in [2.75, 3.05) is 0 Å². The Kier molecular flexibility index (Phi) is 3.29. The summed E-state index contributed by atoms with van der Waals surface area (Å²) in [6.07, 6.45) is 5.22. The monoisotopic (exact) mass is 266 g/mol. The van der Waals surface area contributed by atoms with Gasteiger partial charge in [-0.15, -0.1) is 0 Å². The predicted octanol–water partition coefficient (Wildman–Crippen LogP) is 4.93. The topological polar surface area (TPSA) is 0 Å². The maximum Gasteiger partial charge on any atom is -0.0102 e. The Morgan fingerprint density at radius 1 is 0.632 bits per heavy atom. The second kappa shape index (κ2) is 4.94. The molecule has 1 aliphatic carbocycles. The van der Waals surface area contributed by atoms with Crippen LogP contribution in [0.25, 0.3) is 21.5 Å². The number of aryl methyl sites for hydroxylation is 2. The number of fused-ring (bicyclic) bond motifs is 5. The Balaban J connectivity index is 0.00000110. The van der Waals surface area contributed by atoms with Gasteiger partial charge in [-0.3, -0.25) is 0 Å². The molecule has 1 heteroatoms. The maximum absolute atomic E-state index is 2.35. The summed E-state index contributed by atoms with van der Waals surface area (Å²) >= 11 is 0. The van der Waals surface area contributed by atoms with E-state index in [0.29, 0.717) is 0 Å². The number of hydrogen-bond donors (Lipinski definition) is 0. The quantitative estimate of drug-likeness (QED) is 0.400. The van der Waals surface area contributed by atoms with E-state index in [1.165, 1.54) is 47.2 Å². The lowest BCUT2D eigenvalue weighted by Crippen LogP contribution is -2.02. The van der Waals surface area contributed by atoms with Gasteiger partial charge in [0, 0.05) is 0 Å². The highest BCUT2D eigenvalue weighted by Gasteiger charge is 2.12. The van der Waals surface area contributed by atoms with Gasteiger partial charge in [0.15, 0.2) is 0 Å². The van der Waals surface area contributed by atoms with Crippen LogP contribution in [-0.4, -0.2) is 0 Å². The first-order valence-electron chi connectivity index (χ1n) is 6.86. The van der Waals surface area contributed by atoms with Crippen LogP contribution in [-0.2, 0) is 12.8 Å². The zero-order chi connectivity index (χ0) is 11.9. The first-order valence-corrected chi connectivity index (χ1v) is 6.86. The molecule has 0 saturated carbocycles. The molecule has 1 unspecified atom stereocenters. The van der Waals surface area contributed by atoms with Crippen LogP contribution in [0.2, 0.25) is 0 Å². The lowest BCUT2D eigenvalue weighted by atomic mass is 9.86. The molecule has 4 rings (SSSR count). The molecule has 1 atom stereocenters. The van der Waals surface area contributed by atoms with Crippen LogP contribution >= 0.6 is 9.90 Å². The Morgan fingerprint density at radius 2 is 1.42 bits per heavy atom. The van der Waals surface area contributed by atoms with Crippen molar-refractivity contribution in [3.8, 4) is 0 Å². The maximum atomic E-state index is 2.35. The van der Waals surface area contributed by atoms with Gasteiger partial charge in [0.25, 0.3) is 0 Å². The van der Waals surface area contributed by atoms with Crippen molar-refractivity contribution in [1.29, 1.82) is 0 Å². The lowest BCUT2D eigenvalue weighted by molar-refractivity contribution is 0.690. The van der Waals surface area contributed by atoms with E-state index in [-0.39, 0.29) is 9.90 Å². The third kappa shape index (κ3) is 1.95. The zero-order valence-corrected chi connectivity index (χ0v) is 12.6. The van der Waals surface area contributed by atoms with Gasteiger partial charge in [0.05, 0.1) is 0 Å². The average Bonchev–Trinajstić information content (AvgIpc) is 2.46. The summed E-state index contributed by atoms with van der Waals surface area (Å²) in [5.74, 6) is 0. The fourth-order valence-corrected chi connectivity index (χ4v) is 3.34. The highest BCUT2D eigenvalue weighted by molar-refractivity contribution is 6.92. The molecule has 96 valence electrons. The third-order valence-corrected chi connectivity index (χ3v) is 4.26. The number of rotatable bonds is 0. The van der Waals surface area contributed by atoms with Gasteiger partial charge < -0.3 is 0 Å². The molecule has 0 fully saturated rings. The third-order valence-electron chi connectivity index (χ3n) is 4.26. The van der Waals surface area contributed by atoms with Gasteiger partial charge in [-0.2, -0.15) is 9.90 Å². The molecule has 1 aliphatic rings. The SMILES string of the molecule is P.c1ccc2c(c1)ccc1c3c(ccc12)CCCC3. The van der Waals surface area contributed by atoms with Crippen molar-refractivity contribution < 1.29 is 0 Å². The molecule has 0 saturated heterocycles. The van der Waals surface area contributed by atoms with Crippen molar-refractivity contribution in [2.24, 2.45) is 0 Å². The zero-order valence-electron chi connectivity index (χ0n) is 11.2. The minimum atomic E-state index is 0. The van der Waals surface area contributed by atoms with E-state index in [4.69, 9.17) is 0 Å². The molecule has 0 aliphatic heterocycles. The van der Waals surface area contributed by atoms with Crippen LogP contribution in [0, 0.1) is 0 Å². The van der Waals surface area contributed by atoms with Crippen molar-refractivity contribution in [3.63, 3.8) is 0 Å². The molecule has 0 aromatic heterocycles. The summed E-state index contributed by atoms with van der Waals surface area (Å²) < 4.78 is 0. The van der Waals surface area contributed by atoms with Gasteiger partial charge in [0.2, 0.25) is 0 Å². The predicted molar refractivity (Wildman–Crippen MR) is 89.2 cm³/mol. The number of benzene rings is 3.